The molecule has 1 unspecified atom stereocenters. The molecule has 0 aromatic rings. The van der Waals surface area contributed by atoms with Crippen LogP contribution in [0.2, 0.25) is 0 Å². The van der Waals surface area contributed by atoms with Crippen LogP contribution in [0.4, 0.5) is 0 Å². The first-order valence-corrected chi connectivity index (χ1v) is 7.82. The molecule has 3 rings (SSSR count). The van der Waals surface area contributed by atoms with E-state index in [1.807, 2.05) is 0 Å². The highest BCUT2D eigenvalue weighted by Gasteiger charge is 2.50. The average molecular weight is 252 g/mol. The fraction of sp³-hybridized carbons (Fsp3) is 1.00. The van der Waals surface area contributed by atoms with Gasteiger partial charge in [-0.05, 0) is 24.7 Å². The van der Waals surface area contributed by atoms with Crippen LogP contribution in [-0.2, 0) is 4.74 Å². The van der Waals surface area contributed by atoms with E-state index < -0.39 is 0 Å². The third-order valence-corrected chi connectivity index (χ3v) is 5.63. The van der Waals surface area contributed by atoms with Gasteiger partial charge in [0.05, 0.1) is 13.2 Å². The normalized spacial score (nSPS) is 31.2. The maximum Gasteiger partial charge on any atom is 0.0550 e. The zero-order valence-corrected chi connectivity index (χ0v) is 11.8. The summed E-state index contributed by atoms with van der Waals surface area (Å²) in [5, 5.41) is 3.44. The van der Waals surface area contributed by atoms with Crippen molar-refractivity contribution >= 4 is 0 Å². The third-order valence-electron chi connectivity index (χ3n) is 5.63. The van der Waals surface area contributed by atoms with Crippen LogP contribution in [0.5, 0.6) is 0 Å². The lowest BCUT2D eigenvalue weighted by atomic mass is 9.64. The molecule has 1 atom stereocenters. The van der Waals surface area contributed by atoms with Gasteiger partial charge < -0.3 is 15.0 Å². The third kappa shape index (κ3) is 2.33. The van der Waals surface area contributed by atoms with E-state index >= 15 is 0 Å². The fourth-order valence-corrected chi connectivity index (χ4v) is 4.22. The molecule has 2 heterocycles. The zero-order valence-electron chi connectivity index (χ0n) is 11.8. The van der Waals surface area contributed by atoms with Gasteiger partial charge in [-0.2, -0.15) is 0 Å². The number of hydrogen-bond donors (Lipinski definition) is 1. The maximum atomic E-state index is 5.63. The van der Waals surface area contributed by atoms with Crippen molar-refractivity contribution in [2.24, 2.45) is 17.3 Å². The van der Waals surface area contributed by atoms with Crippen molar-refractivity contribution in [3.8, 4) is 0 Å². The summed E-state index contributed by atoms with van der Waals surface area (Å²) in [7, 11) is 0. The van der Waals surface area contributed by atoms with E-state index in [1.54, 1.807) is 0 Å². The van der Waals surface area contributed by atoms with Gasteiger partial charge in [0.15, 0.2) is 0 Å². The first-order chi connectivity index (χ1) is 8.81. The van der Waals surface area contributed by atoms with Crippen molar-refractivity contribution < 1.29 is 4.74 Å². The summed E-state index contributed by atoms with van der Waals surface area (Å²) in [6.45, 7) is 10.6. The van der Waals surface area contributed by atoms with Crippen LogP contribution < -0.4 is 5.32 Å². The molecule has 1 aliphatic carbocycles. The van der Waals surface area contributed by atoms with Crippen molar-refractivity contribution in [2.75, 3.05) is 45.9 Å². The summed E-state index contributed by atoms with van der Waals surface area (Å²) in [5.74, 6) is 1.75. The molecule has 3 aliphatic rings. The van der Waals surface area contributed by atoms with E-state index in [9.17, 15) is 0 Å². The van der Waals surface area contributed by atoms with E-state index in [0.29, 0.717) is 5.41 Å². The Morgan fingerprint density at radius 2 is 1.89 bits per heavy atom. The van der Waals surface area contributed by atoms with Crippen molar-refractivity contribution in [1.82, 2.24) is 10.2 Å². The molecule has 3 heteroatoms. The molecule has 18 heavy (non-hydrogen) atoms. The molecule has 0 aromatic heterocycles. The summed E-state index contributed by atoms with van der Waals surface area (Å²) in [4.78, 5) is 2.65. The Kier molecular flexibility index (Phi) is 3.92. The largest absolute Gasteiger partial charge is 0.380 e. The van der Waals surface area contributed by atoms with Gasteiger partial charge in [-0.1, -0.05) is 19.8 Å². The molecule has 0 bridgehead atoms. The molecule has 0 amide bonds. The van der Waals surface area contributed by atoms with Crippen molar-refractivity contribution in [2.45, 2.75) is 32.6 Å². The van der Waals surface area contributed by atoms with Gasteiger partial charge in [0, 0.05) is 38.1 Å². The number of piperazine rings is 1. The molecule has 1 N–H and O–H groups in total. The van der Waals surface area contributed by atoms with Gasteiger partial charge in [-0.3, -0.25) is 0 Å². The van der Waals surface area contributed by atoms with Crippen LogP contribution in [-0.4, -0.2) is 50.8 Å². The predicted molar refractivity (Wildman–Crippen MR) is 73.7 cm³/mol. The summed E-state index contributed by atoms with van der Waals surface area (Å²) >= 11 is 0. The van der Waals surface area contributed by atoms with Gasteiger partial charge >= 0.3 is 0 Å². The molecule has 3 nitrogen and oxygen atoms in total. The number of ether oxygens (including phenoxy) is 1. The standard InChI is InChI=1S/C15H28N2O/c1-13(10-17-8-6-16-7-9-17)15(11-18-12-15)14-4-2-3-5-14/h13-14,16H,2-12H2,1H3. The minimum Gasteiger partial charge on any atom is -0.380 e. The Hall–Kier alpha value is -0.120. The topological polar surface area (TPSA) is 24.5 Å². The van der Waals surface area contributed by atoms with Crippen LogP contribution in [0.1, 0.15) is 32.6 Å². The summed E-state index contributed by atoms with van der Waals surface area (Å²) in [5.41, 5.74) is 0.529. The summed E-state index contributed by atoms with van der Waals surface area (Å²) in [6, 6.07) is 0. The van der Waals surface area contributed by atoms with Crippen LogP contribution in [0, 0.1) is 17.3 Å². The molecular formula is C15H28N2O. The smallest absolute Gasteiger partial charge is 0.0550 e. The number of nitrogens with one attached hydrogen (secondary N) is 1. The summed E-state index contributed by atoms with van der Waals surface area (Å²) in [6.07, 6.45) is 5.81. The molecule has 1 saturated carbocycles. The second kappa shape index (κ2) is 5.48. The molecular weight excluding hydrogens is 224 g/mol. The Labute approximate surface area is 111 Å². The highest BCUT2D eigenvalue weighted by Crippen LogP contribution is 2.49. The van der Waals surface area contributed by atoms with Crippen LogP contribution in [0.3, 0.4) is 0 Å². The number of hydrogen-bond acceptors (Lipinski definition) is 3. The minimum absolute atomic E-state index is 0.529. The first-order valence-electron chi connectivity index (χ1n) is 7.82. The van der Waals surface area contributed by atoms with Gasteiger partial charge in [0.2, 0.25) is 0 Å². The van der Waals surface area contributed by atoms with Crippen molar-refractivity contribution in [3.05, 3.63) is 0 Å². The average Bonchev–Trinajstić information content (AvgIpc) is 2.83. The van der Waals surface area contributed by atoms with E-state index in [-0.39, 0.29) is 0 Å². The van der Waals surface area contributed by atoms with E-state index in [2.05, 4.69) is 17.1 Å². The van der Waals surface area contributed by atoms with E-state index in [4.69, 9.17) is 4.74 Å². The molecule has 0 spiro atoms. The quantitative estimate of drug-likeness (QED) is 0.825. The first kappa shape index (κ1) is 12.9. The molecule has 2 aliphatic heterocycles. The lowest BCUT2D eigenvalue weighted by molar-refractivity contribution is -0.177. The monoisotopic (exact) mass is 252 g/mol. The van der Waals surface area contributed by atoms with E-state index in [1.165, 1.54) is 58.4 Å². The second-order valence-electron chi connectivity index (χ2n) is 6.66. The van der Waals surface area contributed by atoms with Gasteiger partial charge in [0.1, 0.15) is 0 Å². The Morgan fingerprint density at radius 1 is 1.22 bits per heavy atom. The molecule has 3 fully saturated rings. The van der Waals surface area contributed by atoms with Crippen molar-refractivity contribution in [1.29, 1.82) is 0 Å². The Bertz CT molecular complexity index is 266. The Balaban J connectivity index is 1.59. The predicted octanol–water partition coefficient (Wildman–Crippen LogP) is 1.73. The van der Waals surface area contributed by atoms with E-state index in [0.717, 1.165) is 25.0 Å². The highest BCUT2D eigenvalue weighted by molar-refractivity contribution is 4.98. The van der Waals surface area contributed by atoms with Crippen LogP contribution >= 0.6 is 0 Å². The Morgan fingerprint density at radius 3 is 2.44 bits per heavy atom. The molecule has 0 radical (unpaired) electrons. The minimum atomic E-state index is 0.529. The fourth-order valence-electron chi connectivity index (χ4n) is 4.22. The van der Waals surface area contributed by atoms with Crippen molar-refractivity contribution in [3.63, 3.8) is 0 Å². The molecule has 0 aromatic carbocycles. The van der Waals surface area contributed by atoms with Gasteiger partial charge in [-0.25, -0.2) is 0 Å². The van der Waals surface area contributed by atoms with Crippen LogP contribution in [0.15, 0.2) is 0 Å². The maximum absolute atomic E-state index is 5.63. The second-order valence-corrected chi connectivity index (χ2v) is 6.66. The van der Waals surface area contributed by atoms with Gasteiger partial charge in [0.25, 0.3) is 0 Å². The molecule has 2 saturated heterocycles. The van der Waals surface area contributed by atoms with Crippen LogP contribution in [0.25, 0.3) is 0 Å². The highest BCUT2D eigenvalue weighted by atomic mass is 16.5. The number of rotatable bonds is 4. The lowest BCUT2D eigenvalue weighted by Gasteiger charge is -2.51. The SMILES string of the molecule is CC(CN1CCNCC1)C1(C2CCCC2)COC1. The zero-order chi connectivity index (χ0) is 12.4. The summed E-state index contributed by atoms with van der Waals surface area (Å²) < 4.78 is 5.63. The van der Waals surface area contributed by atoms with Gasteiger partial charge in [-0.15, -0.1) is 0 Å². The lowest BCUT2D eigenvalue weighted by Crippen LogP contribution is -2.56. The molecule has 104 valence electrons. The number of nitrogens with zero attached hydrogens (tertiary/aromatic N) is 1.